The van der Waals surface area contributed by atoms with Crippen molar-refractivity contribution >= 4 is 23.5 Å². The highest BCUT2D eigenvalue weighted by Gasteiger charge is 2.25. The van der Waals surface area contributed by atoms with Crippen LogP contribution < -0.4 is 0 Å². The van der Waals surface area contributed by atoms with Crippen molar-refractivity contribution in [1.82, 2.24) is 4.90 Å². The molecule has 1 aromatic carbocycles. The van der Waals surface area contributed by atoms with Gasteiger partial charge >= 0.3 is 5.97 Å². The van der Waals surface area contributed by atoms with Gasteiger partial charge in [0.25, 0.3) is 5.91 Å². The molecule has 1 saturated heterocycles. The van der Waals surface area contributed by atoms with E-state index in [1.54, 1.807) is 29.2 Å². The van der Waals surface area contributed by atoms with Gasteiger partial charge in [0.2, 0.25) is 0 Å². The van der Waals surface area contributed by atoms with Crippen LogP contribution in [0.3, 0.4) is 0 Å². The van der Waals surface area contributed by atoms with Crippen molar-refractivity contribution in [3.63, 3.8) is 0 Å². The molecule has 1 amide bonds. The van der Waals surface area contributed by atoms with Crippen LogP contribution in [0, 0.1) is 5.92 Å². The summed E-state index contributed by atoms with van der Waals surface area (Å²) in [4.78, 5) is 24.8. The Morgan fingerprint density at radius 1 is 1.35 bits per heavy atom. The fraction of sp³-hybridized carbons (Fsp3) is 0.467. The van der Waals surface area contributed by atoms with Crippen molar-refractivity contribution in [2.45, 2.75) is 25.7 Å². The molecule has 0 bridgehead atoms. The first kappa shape index (κ1) is 14.9. The van der Waals surface area contributed by atoms with Crippen LogP contribution in [0.15, 0.2) is 24.3 Å². The fourth-order valence-electron chi connectivity index (χ4n) is 2.62. The fourth-order valence-corrected chi connectivity index (χ4v) is 2.83. The summed E-state index contributed by atoms with van der Waals surface area (Å²) in [7, 11) is 0. The summed E-state index contributed by atoms with van der Waals surface area (Å²) >= 11 is 6.05. The highest BCUT2D eigenvalue weighted by atomic mass is 35.5. The van der Waals surface area contributed by atoms with Gasteiger partial charge in [-0.15, -0.1) is 0 Å². The van der Waals surface area contributed by atoms with Crippen LogP contribution in [0.2, 0.25) is 5.02 Å². The lowest BCUT2D eigenvalue weighted by Gasteiger charge is -2.32. The Bertz CT molecular complexity index is 504. The lowest BCUT2D eigenvalue weighted by molar-refractivity contribution is -0.137. The Hall–Kier alpha value is -1.55. The molecule has 1 atom stereocenters. The number of likely N-dealkylation sites (tertiary alicyclic amines) is 1. The zero-order valence-electron chi connectivity index (χ0n) is 11.2. The normalized spacial score (nSPS) is 18.9. The molecule has 1 unspecified atom stereocenters. The highest BCUT2D eigenvalue weighted by Crippen LogP contribution is 2.24. The van der Waals surface area contributed by atoms with Gasteiger partial charge < -0.3 is 10.0 Å². The van der Waals surface area contributed by atoms with Crippen LogP contribution in [0.25, 0.3) is 0 Å². The maximum absolute atomic E-state index is 12.4. The van der Waals surface area contributed by atoms with E-state index in [2.05, 4.69) is 0 Å². The number of rotatable bonds is 4. The third kappa shape index (κ3) is 3.73. The molecule has 1 fully saturated rings. The summed E-state index contributed by atoms with van der Waals surface area (Å²) in [5.41, 5.74) is 0.521. The molecule has 1 aliphatic heterocycles. The Labute approximate surface area is 123 Å². The van der Waals surface area contributed by atoms with Gasteiger partial charge in [-0.05, 0) is 37.3 Å². The van der Waals surface area contributed by atoms with Crippen molar-refractivity contribution in [1.29, 1.82) is 0 Å². The lowest BCUT2D eigenvalue weighted by Crippen LogP contribution is -2.40. The van der Waals surface area contributed by atoms with Gasteiger partial charge in [-0.25, -0.2) is 0 Å². The number of carbonyl (C=O) groups is 2. The monoisotopic (exact) mass is 295 g/mol. The first-order valence-corrected chi connectivity index (χ1v) is 7.21. The molecule has 0 aliphatic carbocycles. The first-order valence-electron chi connectivity index (χ1n) is 6.83. The van der Waals surface area contributed by atoms with Gasteiger partial charge in [0.05, 0.1) is 10.6 Å². The predicted octanol–water partition coefficient (Wildman–Crippen LogP) is 3.06. The molecule has 1 aromatic rings. The minimum atomic E-state index is -0.778. The minimum absolute atomic E-state index is 0.0596. The number of carboxylic acid groups (broad SMARTS) is 1. The Balaban J connectivity index is 2.00. The number of hydrogen-bond donors (Lipinski definition) is 1. The molecule has 108 valence electrons. The van der Waals surface area contributed by atoms with Crippen molar-refractivity contribution < 1.29 is 14.7 Å². The first-order chi connectivity index (χ1) is 9.58. The number of amides is 1. The van der Waals surface area contributed by atoms with E-state index >= 15 is 0 Å². The summed E-state index contributed by atoms with van der Waals surface area (Å²) < 4.78 is 0. The van der Waals surface area contributed by atoms with E-state index in [9.17, 15) is 9.59 Å². The van der Waals surface area contributed by atoms with E-state index in [0.29, 0.717) is 30.1 Å². The molecule has 0 aromatic heterocycles. The predicted molar refractivity (Wildman–Crippen MR) is 76.9 cm³/mol. The van der Waals surface area contributed by atoms with E-state index in [4.69, 9.17) is 16.7 Å². The number of aliphatic carboxylic acids is 1. The number of hydrogen-bond acceptors (Lipinski definition) is 2. The smallest absolute Gasteiger partial charge is 0.303 e. The molecule has 0 radical (unpaired) electrons. The summed E-state index contributed by atoms with van der Waals surface area (Å²) in [6.45, 7) is 1.34. The molecule has 4 nitrogen and oxygen atoms in total. The standard InChI is InChI=1S/C15H18ClNO3/c16-13-6-2-1-5-12(13)15(20)17-9-3-4-11(10-17)7-8-14(18)19/h1-2,5-6,11H,3-4,7-10H2,(H,18,19). The maximum atomic E-state index is 12.4. The lowest BCUT2D eigenvalue weighted by atomic mass is 9.93. The zero-order chi connectivity index (χ0) is 14.5. The molecular formula is C15H18ClNO3. The molecule has 1 aliphatic rings. The van der Waals surface area contributed by atoms with Crippen LogP contribution in [0.5, 0.6) is 0 Å². The summed E-state index contributed by atoms with van der Waals surface area (Å²) in [5, 5.41) is 9.20. The van der Waals surface area contributed by atoms with Crippen LogP contribution in [-0.4, -0.2) is 35.0 Å². The van der Waals surface area contributed by atoms with Crippen LogP contribution in [-0.2, 0) is 4.79 Å². The van der Waals surface area contributed by atoms with Crippen LogP contribution in [0.1, 0.15) is 36.0 Å². The summed E-state index contributed by atoms with van der Waals surface area (Å²) in [6, 6.07) is 7.03. The molecule has 1 N–H and O–H groups in total. The van der Waals surface area contributed by atoms with Crippen LogP contribution >= 0.6 is 11.6 Å². The Kier molecular flexibility index (Phi) is 5.01. The Morgan fingerprint density at radius 3 is 2.80 bits per heavy atom. The Morgan fingerprint density at radius 2 is 2.10 bits per heavy atom. The van der Waals surface area contributed by atoms with E-state index in [0.717, 1.165) is 12.8 Å². The maximum Gasteiger partial charge on any atom is 0.303 e. The number of benzene rings is 1. The summed E-state index contributed by atoms with van der Waals surface area (Å²) in [5.74, 6) is -0.568. The van der Waals surface area contributed by atoms with Gasteiger partial charge in [0.15, 0.2) is 0 Å². The third-order valence-corrected chi connectivity index (χ3v) is 4.01. The molecule has 0 spiro atoms. The number of piperidine rings is 1. The van der Waals surface area contributed by atoms with E-state index in [1.807, 2.05) is 0 Å². The van der Waals surface area contributed by atoms with Gasteiger partial charge in [-0.1, -0.05) is 23.7 Å². The van der Waals surface area contributed by atoms with Gasteiger partial charge in [-0.3, -0.25) is 9.59 Å². The highest BCUT2D eigenvalue weighted by molar-refractivity contribution is 6.33. The number of carboxylic acids is 1. The van der Waals surface area contributed by atoms with Crippen molar-refractivity contribution in [3.8, 4) is 0 Å². The van der Waals surface area contributed by atoms with Gasteiger partial charge in [0.1, 0.15) is 0 Å². The molecular weight excluding hydrogens is 278 g/mol. The van der Waals surface area contributed by atoms with Crippen molar-refractivity contribution in [2.24, 2.45) is 5.92 Å². The summed E-state index contributed by atoms with van der Waals surface area (Å²) in [6.07, 6.45) is 2.69. The number of halogens is 1. The molecule has 20 heavy (non-hydrogen) atoms. The average Bonchev–Trinajstić information content (AvgIpc) is 2.45. The largest absolute Gasteiger partial charge is 0.481 e. The second kappa shape index (κ2) is 6.75. The SMILES string of the molecule is O=C(O)CCC1CCCN(C(=O)c2ccccc2Cl)C1. The average molecular weight is 296 g/mol. The van der Waals surface area contributed by atoms with Gasteiger partial charge in [-0.2, -0.15) is 0 Å². The van der Waals surface area contributed by atoms with E-state index < -0.39 is 5.97 Å². The zero-order valence-corrected chi connectivity index (χ0v) is 12.0. The molecule has 0 saturated carbocycles. The second-order valence-electron chi connectivity index (χ2n) is 5.17. The number of nitrogens with zero attached hydrogens (tertiary/aromatic N) is 1. The number of carbonyl (C=O) groups excluding carboxylic acids is 1. The van der Waals surface area contributed by atoms with Crippen molar-refractivity contribution in [3.05, 3.63) is 34.9 Å². The van der Waals surface area contributed by atoms with Gasteiger partial charge in [0, 0.05) is 19.5 Å². The van der Waals surface area contributed by atoms with E-state index in [-0.39, 0.29) is 18.2 Å². The third-order valence-electron chi connectivity index (χ3n) is 3.68. The van der Waals surface area contributed by atoms with E-state index in [1.165, 1.54) is 0 Å². The minimum Gasteiger partial charge on any atom is -0.481 e. The quantitative estimate of drug-likeness (QED) is 0.929. The molecule has 1 heterocycles. The molecule has 5 heteroatoms. The van der Waals surface area contributed by atoms with Crippen LogP contribution in [0.4, 0.5) is 0 Å². The topological polar surface area (TPSA) is 57.6 Å². The van der Waals surface area contributed by atoms with Crippen molar-refractivity contribution in [2.75, 3.05) is 13.1 Å². The molecule has 2 rings (SSSR count). The second-order valence-corrected chi connectivity index (χ2v) is 5.58.